The maximum Gasteiger partial charge on any atom is 0.358 e. The molecular formula is C9H15N5O3. The van der Waals surface area contributed by atoms with E-state index in [-0.39, 0.29) is 11.6 Å². The molecule has 0 fully saturated rings. The molecule has 1 aromatic heterocycles. The minimum absolute atomic E-state index is 0.0218. The van der Waals surface area contributed by atoms with Gasteiger partial charge in [0.15, 0.2) is 5.69 Å². The topological polar surface area (TPSA) is 109 Å². The van der Waals surface area contributed by atoms with Crippen LogP contribution >= 0.6 is 0 Å². The number of carbonyl (C=O) groups excluding carboxylic acids is 1. The van der Waals surface area contributed by atoms with Gasteiger partial charge in [-0.2, -0.15) is 0 Å². The van der Waals surface area contributed by atoms with Gasteiger partial charge in [0.25, 0.3) is 0 Å². The van der Waals surface area contributed by atoms with Crippen molar-refractivity contribution < 1.29 is 14.7 Å². The summed E-state index contributed by atoms with van der Waals surface area (Å²) in [4.78, 5) is 21.4. The average Bonchev–Trinajstić information content (AvgIpc) is 2.77. The van der Waals surface area contributed by atoms with Crippen molar-refractivity contribution >= 4 is 11.9 Å². The summed E-state index contributed by atoms with van der Waals surface area (Å²) in [6.45, 7) is 1.67. The van der Waals surface area contributed by atoms with Crippen LogP contribution in [0.15, 0.2) is 6.20 Å². The zero-order valence-electron chi connectivity index (χ0n) is 9.51. The van der Waals surface area contributed by atoms with E-state index in [2.05, 4.69) is 20.9 Å². The van der Waals surface area contributed by atoms with E-state index < -0.39 is 5.97 Å². The molecule has 0 aliphatic rings. The molecule has 0 unspecified atom stereocenters. The van der Waals surface area contributed by atoms with Gasteiger partial charge in [0.05, 0.1) is 12.7 Å². The highest BCUT2D eigenvalue weighted by atomic mass is 16.4. The predicted molar refractivity (Wildman–Crippen MR) is 58.5 cm³/mol. The van der Waals surface area contributed by atoms with Crippen LogP contribution in [-0.2, 0) is 11.3 Å². The summed E-state index contributed by atoms with van der Waals surface area (Å²) < 4.78 is 1.44. The van der Waals surface area contributed by atoms with Crippen LogP contribution in [0.25, 0.3) is 0 Å². The first-order valence-electron chi connectivity index (χ1n) is 5.18. The number of hydrogen-bond acceptors (Lipinski definition) is 5. The van der Waals surface area contributed by atoms with E-state index in [9.17, 15) is 9.59 Å². The van der Waals surface area contributed by atoms with Gasteiger partial charge in [0, 0.05) is 26.6 Å². The quantitative estimate of drug-likeness (QED) is 0.512. The van der Waals surface area contributed by atoms with Crippen molar-refractivity contribution in [2.24, 2.45) is 0 Å². The first-order valence-corrected chi connectivity index (χ1v) is 5.18. The molecule has 0 saturated heterocycles. The molecule has 0 aromatic carbocycles. The number of carboxylic acid groups (broad SMARTS) is 1. The van der Waals surface area contributed by atoms with E-state index in [1.54, 1.807) is 7.05 Å². The van der Waals surface area contributed by atoms with E-state index in [1.807, 2.05) is 0 Å². The lowest BCUT2D eigenvalue weighted by Gasteiger charge is -2.03. The Balaban J connectivity index is 2.18. The van der Waals surface area contributed by atoms with E-state index in [1.165, 1.54) is 10.9 Å². The van der Waals surface area contributed by atoms with Crippen LogP contribution in [0, 0.1) is 0 Å². The largest absolute Gasteiger partial charge is 0.476 e. The molecule has 0 radical (unpaired) electrons. The maximum absolute atomic E-state index is 10.9. The summed E-state index contributed by atoms with van der Waals surface area (Å²) in [6.07, 6.45) is 1.77. The van der Waals surface area contributed by atoms with Gasteiger partial charge in [0.1, 0.15) is 0 Å². The van der Waals surface area contributed by atoms with Gasteiger partial charge in [0.2, 0.25) is 5.91 Å². The number of carbonyl (C=O) groups is 2. The third kappa shape index (κ3) is 4.60. The number of amides is 1. The van der Waals surface area contributed by atoms with Crippen molar-refractivity contribution in [3.05, 3.63) is 11.9 Å². The minimum atomic E-state index is -1.09. The maximum atomic E-state index is 10.9. The monoisotopic (exact) mass is 241 g/mol. The van der Waals surface area contributed by atoms with Gasteiger partial charge in [-0.25, -0.2) is 4.79 Å². The van der Waals surface area contributed by atoms with E-state index in [4.69, 9.17) is 5.11 Å². The van der Waals surface area contributed by atoms with Crippen LogP contribution < -0.4 is 10.6 Å². The summed E-state index contributed by atoms with van der Waals surface area (Å²) in [5.74, 6) is -1.12. The molecule has 0 bridgehead atoms. The third-order valence-corrected chi connectivity index (χ3v) is 2.08. The van der Waals surface area contributed by atoms with Gasteiger partial charge in [-0.05, 0) is 0 Å². The number of hydrogen-bond donors (Lipinski definition) is 3. The Kier molecular flexibility index (Phi) is 5.08. The highest BCUT2D eigenvalue weighted by Gasteiger charge is 2.07. The highest BCUT2D eigenvalue weighted by Crippen LogP contribution is 1.91. The number of aromatic carboxylic acids is 1. The molecule has 1 heterocycles. The molecule has 0 spiro atoms. The second-order valence-corrected chi connectivity index (χ2v) is 3.35. The van der Waals surface area contributed by atoms with Gasteiger partial charge in [-0.1, -0.05) is 5.21 Å². The van der Waals surface area contributed by atoms with Crippen LogP contribution in [-0.4, -0.2) is 52.1 Å². The molecule has 0 aliphatic heterocycles. The molecule has 8 heteroatoms. The lowest BCUT2D eigenvalue weighted by Crippen LogP contribution is -2.27. The van der Waals surface area contributed by atoms with Crippen molar-refractivity contribution in [1.82, 2.24) is 25.6 Å². The van der Waals surface area contributed by atoms with Crippen molar-refractivity contribution in [2.75, 3.05) is 20.1 Å². The lowest BCUT2D eigenvalue weighted by molar-refractivity contribution is -0.120. The van der Waals surface area contributed by atoms with Crippen molar-refractivity contribution in [3.63, 3.8) is 0 Å². The zero-order valence-corrected chi connectivity index (χ0v) is 9.51. The third-order valence-electron chi connectivity index (χ3n) is 2.08. The molecule has 17 heavy (non-hydrogen) atoms. The Morgan fingerprint density at radius 1 is 1.47 bits per heavy atom. The number of nitrogens with one attached hydrogen (secondary N) is 2. The smallest absolute Gasteiger partial charge is 0.358 e. The SMILES string of the molecule is CNC(=O)CCNCCn1cc(C(=O)O)nn1. The molecule has 1 aromatic rings. The fourth-order valence-corrected chi connectivity index (χ4v) is 1.15. The number of carboxylic acids is 1. The standard InChI is InChI=1S/C9H15N5O3/c1-10-8(15)2-3-11-4-5-14-6-7(9(16)17)12-13-14/h6,11H,2-5H2,1H3,(H,10,15)(H,16,17). The Morgan fingerprint density at radius 2 is 2.24 bits per heavy atom. The van der Waals surface area contributed by atoms with Gasteiger partial charge in [-0.15, -0.1) is 5.10 Å². The Labute approximate surface area is 98.0 Å². The predicted octanol–water partition coefficient (Wildman–Crippen LogP) is -1.30. The minimum Gasteiger partial charge on any atom is -0.476 e. The molecular weight excluding hydrogens is 226 g/mol. The average molecular weight is 241 g/mol. The first-order chi connectivity index (χ1) is 8.13. The van der Waals surface area contributed by atoms with Crippen LogP contribution in [0.5, 0.6) is 0 Å². The molecule has 8 nitrogen and oxygen atoms in total. The molecule has 0 saturated carbocycles. The molecule has 1 amide bonds. The molecule has 94 valence electrons. The molecule has 0 aliphatic carbocycles. The van der Waals surface area contributed by atoms with E-state index in [0.29, 0.717) is 26.1 Å². The fourth-order valence-electron chi connectivity index (χ4n) is 1.15. The van der Waals surface area contributed by atoms with Crippen LogP contribution in [0.4, 0.5) is 0 Å². The second-order valence-electron chi connectivity index (χ2n) is 3.35. The summed E-state index contributed by atoms with van der Waals surface area (Å²) in [5.41, 5.74) is -0.0737. The van der Waals surface area contributed by atoms with Gasteiger partial charge >= 0.3 is 5.97 Å². The Hall–Kier alpha value is -1.96. The summed E-state index contributed by atoms with van der Waals surface area (Å²) >= 11 is 0. The van der Waals surface area contributed by atoms with Crippen molar-refractivity contribution in [3.8, 4) is 0 Å². The van der Waals surface area contributed by atoms with Crippen molar-refractivity contribution in [1.29, 1.82) is 0 Å². The molecule has 0 atom stereocenters. The first kappa shape index (κ1) is 13.1. The Bertz CT molecular complexity index is 390. The van der Waals surface area contributed by atoms with Gasteiger partial charge in [-0.3, -0.25) is 9.48 Å². The zero-order chi connectivity index (χ0) is 12.7. The summed E-state index contributed by atoms with van der Waals surface area (Å²) in [7, 11) is 1.59. The Morgan fingerprint density at radius 3 is 2.82 bits per heavy atom. The van der Waals surface area contributed by atoms with E-state index >= 15 is 0 Å². The molecule has 1 rings (SSSR count). The van der Waals surface area contributed by atoms with E-state index in [0.717, 1.165) is 0 Å². The second kappa shape index (κ2) is 6.59. The lowest BCUT2D eigenvalue weighted by atomic mass is 10.4. The summed E-state index contributed by atoms with van der Waals surface area (Å²) in [6, 6.07) is 0. The van der Waals surface area contributed by atoms with Crippen LogP contribution in [0.2, 0.25) is 0 Å². The fraction of sp³-hybridized carbons (Fsp3) is 0.556. The summed E-state index contributed by atoms with van der Waals surface area (Å²) in [5, 5.41) is 21.3. The van der Waals surface area contributed by atoms with Crippen LogP contribution in [0.3, 0.4) is 0 Å². The normalized spacial score (nSPS) is 10.2. The van der Waals surface area contributed by atoms with Crippen LogP contribution in [0.1, 0.15) is 16.9 Å². The molecule has 3 N–H and O–H groups in total. The highest BCUT2D eigenvalue weighted by molar-refractivity contribution is 5.84. The van der Waals surface area contributed by atoms with Gasteiger partial charge < -0.3 is 15.7 Å². The van der Waals surface area contributed by atoms with Crippen molar-refractivity contribution in [2.45, 2.75) is 13.0 Å². The number of rotatable bonds is 7. The number of nitrogens with zero attached hydrogens (tertiary/aromatic N) is 3. The number of aromatic nitrogens is 3.